The first-order valence-corrected chi connectivity index (χ1v) is 8.26. The lowest BCUT2D eigenvalue weighted by atomic mass is 9.73. The number of hydrogen-bond donors (Lipinski definition) is 1. The summed E-state index contributed by atoms with van der Waals surface area (Å²) < 4.78 is 27.3. The molecule has 21 heavy (non-hydrogen) atoms. The molecule has 1 nitrogen and oxygen atoms in total. The van der Waals surface area contributed by atoms with Crippen LogP contribution < -0.4 is 0 Å². The minimum Gasteiger partial charge on any atom is -0.388 e. The third-order valence-electron chi connectivity index (χ3n) is 5.57. The number of aliphatic hydroxyl groups is 1. The second kappa shape index (κ2) is 6.04. The average molecular weight is 294 g/mol. The zero-order valence-corrected chi connectivity index (χ0v) is 12.6. The SMILES string of the molecule is CCCC1CCC(C2Cc3ccc(F)c(F)c3C2O)CC1. The molecule has 0 aromatic heterocycles. The van der Waals surface area contributed by atoms with Gasteiger partial charge in [0.25, 0.3) is 0 Å². The molecule has 1 saturated carbocycles. The van der Waals surface area contributed by atoms with Crippen LogP contribution in [0.4, 0.5) is 8.78 Å². The number of hydrogen-bond acceptors (Lipinski definition) is 1. The maximum absolute atomic E-state index is 13.9. The van der Waals surface area contributed by atoms with Crippen molar-refractivity contribution in [1.82, 2.24) is 0 Å². The van der Waals surface area contributed by atoms with Crippen LogP contribution in [0.25, 0.3) is 0 Å². The first-order chi connectivity index (χ1) is 10.1. The van der Waals surface area contributed by atoms with Gasteiger partial charge < -0.3 is 5.11 Å². The molecule has 0 spiro atoms. The highest BCUT2D eigenvalue weighted by Crippen LogP contribution is 2.47. The van der Waals surface area contributed by atoms with E-state index in [1.54, 1.807) is 6.07 Å². The largest absolute Gasteiger partial charge is 0.388 e. The maximum atomic E-state index is 13.9. The molecule has 3 heteroatoms. The summed E-state index contributed by atoms with van der Waals surface area (Å²) in [6.07, 6.45) is 7.05. The standard InChI is InChI=1S/C18H24F2O/c1-2-3-11-4-6-12(7-5-11)14-10-13-8-9-15(19)17(20)16(13)18(14)21/h8-9,11-12,14,18,21H,2-7,10H2,1H3. The van der Waals surface area contributed by atoms with Crippen LogP contribution in [0.5, 0.6) is 0 Å². The molecule has 0 saturated heterocycles. The topological polar surface area (TPSA) is 20.2 Å². The molecule has 0 heterocycles. The Morgan fingerprint density at radius 3 is 2.52 bits per heavy atom. The van der Waals surface area contributed by atoms with Gasteiger partial charge in [0.05, 0.1) is 6.10 Å². The molecule has 1 fully saturated rings. The van der Waals surface area contributed by atoms with E-state index in [0.717, 1.165) is 24.3 Å². The van der Waals surface area contributed by atoms with Gasteiger partial charge in [-0.25, -0.2) is 8.78 Å². The van der Waals surface area contributed by atoms with Gasteiger partial charge in [0.15, 0.2) is 11.6 Å². The number of fused-ring (bicyclic) bond motifs is 1. The van der Waals surface area contributed by atoms with Crippen molar-refractivity contribution in [3.8, 4) is 0 Å². The molecule has 2 aliphatic carbocycles. The number of halogens is 2. The van der Waals surface area contributed by atoms with Crippen molar-refractivity contribution in [3.63, 3.8) is 0 Å². The Labute approximate surface area is 125 Å². The van der Waals surface area contributed by atoms with E-state index in [2.05, 4.69) is 6.92 Å². The quantitative estimate of drug-likeness (QED) is 0.851. The zero-order chi connectivity index (χ0) is 15.0. The zero-order valence-electron chi connectivity index (χ0n) is 12.6. The summed E-state index contributed by atoms with van der Waals surface area (Å²) in [5.74, 6) is -0.356. The summed E-state index contributed by atoms with van der Waals surface area (Å²) in [4.78, 5) is 0. The molecule has 0 amide bonds. The molecule has 2 unspecified atom stereocenters. The molecule has 0 radical (unpaired) electrons. The van der Waals surface area contributed by atoms with E-state index in [9.17, 15) is 13.9 Å². The maximum Gasteiger partial charge on any atom is 0.164 e. The first kappa shape index (κ1) is 15.0. The van der Waals surface area contributed by atoms with Crippen molar-refractivity contribution in [2.75, 3.05) is 0 Å². The Balaban J connectivity index is 1.71. The van der Waals surface area contributed by atoms with Gasteiger partial charge in [0, 0.05) is 5.56 Å². The lowest BCUT2D eigenvalue weighted by Crippen LogP contribution is -2.24. The lowest BCUT2D eigenvalue weighted by Gasteiger charge is -2.33. The Hall–Kier alpha value is -0.960. The Kier molecular flexibility index (Phi) is 4.30. The fraction of sp³-hybridized carbons (Fsp3) is 0.667. The first-order valence-electron chi connectivity index (χ1n) is 8.26. The Morgan fingerprint density at radius 1 is 1.14 bits per heavy atom. The Bertz CT molecular complexity index is 506. The predicted molar refractivity (Wildman–Crippen MR) is 78.9 cm³/mol. The van der Waals surface area contributed by atoms with Crippen molar-refractivity contribution in [3.05, 3.63) is 34.9 Å². The van der Waals surface area contributed by atoms with Gasteiger partial charge in [-0.2, -0.15) is 0 Å². The van der Waals surface area contributed by atoms with E-state index >= 15 is 0 Å². The predicted octanol–water partition coefficient (Wildman–Crippen LogP) is 4.78. The number of benzene rings is 1. The third-order valence-corrected chi connectivity index (χ3v) is 5.57. The van der Waals surface area contributed by atoms with Gasteiger partial charge >= 0.3 is 0 Å². The molecule has 1 N–H and O–H groups in total. The molecular formula is C18H24F2O. The van der Waals surface area contributed by atoms with Crippen molar-refractivity contribution in [2.24, 2.45) is 17.8 Å². The normalized spacial score (nSPS) is 32.2. The molecule has 1 aromatic rings. The van der Waals surface area contributed by atoms with E-state index in [4.69, 9.17) is 0 Å². The van der Waals surface area contributed by atoms with E-state index < -0.39 is 17.7 Å². The molecule has 116 valence electrons. The fourth-order valence-electron chi connectivity index (χ4n) is 4.42. The third kappa shape index (κ3) is 2.73. The second-order valence-corrected chi connectivity index (χ2v) is 6.82. The van der Waals surface area contributed by atoms with Gasteiger partial charge in [-0.1, -0.05) is 38.7 Å². The van der Waals surface area contributed by atoms with Crippen LogP contribution in [0.1, 0.15) is 62.7 Å². The highest BCUT2D eigenvalue weighted by molar-refractivity contribution is 5.36. The molecular weight excluding hydrogens is 270 g/mol. The highest BCUT2D eigenvalue weighted by Gasteiger charge is 2.40. The molecule has 1 aromatic carbocycles. The molecule has 0 aliphatic heterocycles. The van der Waals surface area contributed by atoms with Crippen LogP contribution in [-0.4, -0.2) is 5.11 Å². The molecule has 2 aliphatic rings. The van der Waals surface area contributed by atoms with E-state index in [1.807, 2.05) is 0 Å². The van der Waals surface area contributed by atoms with Gasteiger partial charge in [0.2, 0.25) is 0 Å². The summed E-state index contributed by atoms with van der Waals surface area (Å²) in [5.41, 5.74) is 1.01. The monoisotopic (exact) mass is 294 g/mol. The number of rotatable bonds is 3. The van der Waals surface area contributed by atoms with Crippen LogP contribution in [-0.2, 0) is 6.42 Å². The van der Waals surface area contributed by atoms with Crippen LogP contribution in [0, 0.1) is 29.4 Å². The van der Waals surface area contributed by atoms with Gasteiger partial charge in [-0.15, -0.1) is 0 Å². The molecule has 2 atom stereocenters. The van der Waals surface area contributed by atoms with Crippen molar-refractivity contribution >= 4 is 0 Å². The summed E-state index contributed by atoms with van der Waals surface area (Å²) in [6, 6.07) is 2.82. The van der Waals surface area contributed by atoms with E-state index in [1.165, 1.54) is 31.7 Å². The van der Waals surface area contributed by atoms with Crippen molar-refractivity contribution in [1.29, 1.82) is 0 Å². The van der Waals surface area contributed by atoms with E-state index in [0.29, 0.717) is 12.3 Å². The minimum atomic E-state index is -0.847. The highest BCUT2D eigenvalue weighted by atomic mass is 19.2. The Morgan fingerprint density at radius 2 is 1.86 bits per heavy atom. The van der Waals surface area contributed by atoms with Crippen LogP contribution in [0.15, 0.2) is 12.1 Å². The van der Waals surface area contributed by atoms with Crippen molar-refractivity contribution < 1.29 is 13.9 Å². The number of aliphatic hydroxyl groups excluding tert-OH is 1. The van der Waals surface area contributed by atoms with Crippen LogP contribution in [0.2, 0.25) is 0 Å². The second-order valence-electron chi connectivity index (χ2n) is 6.82. The van der Waals surface area contributed by atoms with Gasteiger partial charge in [-0.3, -0.25) is 0 Å². The summed E-state index contributed by atoms with van der Waals surface area (Å²) in [7, 11) is 0. The smallest absolute Gasteiger partial charge is 0.164 e. The summed E-state index contributed by atoms with van der Waals surface area (Å²) in [6.45, 7) is 2.22. The van der Waals surface area contributed by atoms with Crippen molar-refractivity contribution in [2.45, 2.75) is 58.0 Å². The summed E-state index contributed by atoms with van der Waals surface area (Å²) in [5, 5.41) is 10.5. The fourth-order valence-corrected chi connectivity index (χ4v) is 4.42. The summed E-state index contributed by atoms with van der Waals surface area (Å²) >= 11 is 0. The van der Waals surface area contributed by atoms with Crippen LogP contribution >= 0.6 is 0 Å². The molecule has 0 bridgehead atoms. The van der Waals surface area contributed by atoms with E-state index in [-0.39, 0.29) is 11.5 Å². The molecule has 3 rings (SSSR count). The lowest BCUT2D eigenvalue weighted by molar-refractivity contribution is 0.0615. The van der Waals surface area contributed by atoms with Gasteiger partial charge in [-0.05, 0) is 48.6 Å². The minimum absolute atomic E-state index is 0.0684. The van der Waals surface area contributed by atoms with Crippen LogP contribution in [0.3, 0.4) is 0 Å². The van der Waals surface area contributed by atoms with Gasteiger partial charge in [0.1, 0.15) is 0 Å². The average Bonchev–Trinajstić information content (AvgIpc) is 2.82.